The molecule has 1 aromatic carbocycles. The average molecular weight is 310 g/mol. The van der Waals surface area contributed by atoms with Crippen LogP contribution in [0.1, 0.15) is 16.8 Å². The first-order valence-corrected chi connectivity index (χ1v) is 6.72. The summed E-state index contributed by atoms with van der Waals surface area (Å²) in [5, 5.41) is 6.52. The summed E-state index contributed by atoms with van der Waals surface area (Å²) in [5.41, 5.74) is -0.379. The predicted molar refractivity (Wildman–Crippen MR) is 76.9 cm³/mol. The van der Waals surface area contributed by atoms with Gasteiger partial charge in [-0.05, 0) is 24.6 Å². The quantitative estimate of drug-likeness (QED) is 0.857. The molecule has 5 nitrogen and oxygen atoms in total. The minimum absolute atomic E-state index is 0.0634. The number of hydrogen-bond acceptors (Lipinski definition) is 3. The van der Waals surface area contributed by atoms with Crippen molar-refractivity contribution in [2.24, 2.45) is 0 Å². The molecule has 1 aromatic heterocycles. The number of nitrogens with one attached hydrogen (secondary N) is 1. The lowest BCUT2D eigenvalue weighted by Gasteiger charge is -2.08. The molecule has 0 aliphatic heterocycles. The van der Waals surface area contributed by atoms with E-state index >= 15 is 0 Å². The lowest BCUT2D eigenvalue weighted by molar-refractivity contribution is 0.0948. The molecule has 0 atom stereocenters. The summed E-state index contributed by atoms with van der Waals surface area (Å²) in [6.45, 7) is 0.650. The van der Waals surface area contributed by atoms with Gasteiger partial charge >= 0.3 is 0 Å². The van der Waals surface area contributed by atoms with E-state index in [4.69, 9.17) is 11.6 Å². The molecule has 0 unspecified atom stereocenters. The van der Waals surface area contributed by atoms with Gasteiger partial charge in [0, 0.05) is 25.4 Å². The van der Waals surface area contributed by atoms with E-state index in [0.717, 1.165) is 0 Å². The predicted octanol–water partition coefficient (Wildman–Crippen LogP) is 1.86. The minimum atomic E-state index is -0.666. The number of halogens is 2. The van der Waals surface area contributed by atoms with Crippen molar-refractivity contribution in [3.63, 3.8) is 0 Å². The van der Waals surface area contributed by atoms with Gasteiger partial charge in [0.25, 0.3) is 11.5 Å². The van der Waals surface area contributed by atoms with Gasteiger partial charge < -0.3 is 5.32 Å². The van der Waals surface area contributed by atoms with Gasteiger partial charge in [0.1, 0.15) is 5.82 Å². The summed E-state index contributed by atoms with van der Waals surface area (Å²) in [6, 6.07) is 7.02. The van der Waals surface area contributed by atoms with Gasteiger partial charge in [-0.25, -0.2) is 9.07 Å². The molecule has 2 aromatic rings. The maximum atomic E-state index is 13.5. The molecule has 0 spiro atoms. The number of nitrogens with zero attached hydrogens (tertiary/aromatic N) is 2. The lowest BCUT2D eigenvalue weighted by Crippen LogP contribution is -2.28. The van der Waals surface area contributed by atoms with Crippen LogP contribution in [0.3, 0.4) is 0 Å². The number of benzene rings is 1. The molecule has 0 fully saturated rings. The highest BCUT2D eigenvalue weighted by molar-refractivity contribution is 6.33. The van der Waals surface area contributed by atoms with Gasteiger partial charge in [0.2, 0.25) is 0 Å². The van der Waals surface area contributed by atoms with E-state index in [2.05, 4.69) is 10.4 Å². The number of carbonyl (C=O) groups excluding carboxylic acids is 1. The molecule has 0 aliphatic rings. The number of aryl methyl sites for hydroxylation is 1. The summed E-state index contributed by atoms with van der Waals surface area (Å²) in [6.07, 6.45) is 2.01. The summed E-state index contributed by atoms with van der Waals surface area (Å²) in [7, 11) is 0. The van der Waals surface area contributed by atoms with Crippen LogP contribution in [0.5, 0.6) is 0 Å². The lowest BCUT2D eigenvalue weighted by atomic mass is 10.2. The maximum Gasteiger partial charge on any atom is 0.266 e. The number of hydrogen-bond donors (Lipinski definition) is 1. The maximum absolute atomic E-state index is 13.5. The van der Waals surface area contributed by atoms with Crippen LogP contribution in [-0.2, 0) is 6.54 Å². The van der Waals surface area contributed by atoms with E-state index in [1.54, 1.807) is 6.07 Å². The Morgan fingerprint density at radius 2 is 2.14 bits per heavy atom. The third-order valence-electron chi connectivity index (χ3n) is 2.81. The van der Waals surface area contributed by atoms with E-state index in [-0.39, 0.29) is 22.7 Å². The first-order valence-electron chi connectivity index (χ1n) is 6.34. The molecule has 1 N–H and O–H groups in total. The fourth-order valence-electron chi connectivity index (χ4n) is 1.79. The molecule has 0 bridgehead atoms. The van der Waals surface area contributed by atoms with E-state index in [1.807, 2.05) is 0 Å². The van der Waals surface area contributed by atoms with Gasteiger partial charge in [-0.15, -0.1) is 0 Å². The van der Waals surface area contributed by atoms with E-state index in [1.165, 1.54) is 35.1 Å². The molecule has 0 aliphatic carbocycles. The monoisotopic (exact) mass is 309 g/mol. The fourth-order valence-corrected chi connectivity index (χ4v) is 2.04. The highest BCUT2D eigenvalue weighted by Crippen LogP contribution is 2.18. The second-order valence-electron chi connectivity index (χ2n) is 4.29. The summed E-state index contributed by atoms with van der Waals surface area (Å²) < 4.78 is 14.8. The standard InChI is InChI=1S/C14H13ClFN3O2/c15-10-4-1-5-11(16)13(10)14(21)17-7-3-9-19-12(20)6-2-8-18-19/h1-2,4-6,8H,3,7,9H2,(H,17,21). The smallest absolute Gasteiger partial charge is 0.266 e. The van der Waals surface area contributed by atoms with E-state index < -0.39 is 11.7 Å². The van der Waals surface area contributed by atoms with Gasteiger partial charge in [-0.1, -0.05) is 17.7 Å². The second-order valence-corrected chi connectivity index (χ2v) is 4.70. The van der Waals surface area contributed by atoms with Gasteiger partial charge in [0.15, 0.2) is 0 Å². The molecule has 0 saturated heterocycles. The van der Waals surface area contributed by atoms with Crippen LogP contribution in [-0.4, -0.2) is 22.2 Å². The van der Waals surface area contributed by atoms with E-state index in [0.29, 0.717) is 13.0 Å². The second kappa shape index (κ2) is 6.99. The Kier molecular flexibility index (Phi) is 5.05. The van der Waals surface area contributed by atoms with Gasteiger partial charge in [-0.2, -0.15) is 5.10 Å². The molecule has 110 valence electrons. The molecule has 1 heterocycles. The normalized spacial score (nSPS) is 10.4. The third kappa shape index (κ3) is 3.88. The van der Waals surface area contributed by atoms with Crippen molar-refractivity contribution in [1.29, 1.82) is 0 Å². The SMILES string of the molecule is O=C(NCCCn1ncccc1=O)c1c(F)cccc1Cl. The van der Waals surface area contributed by atoms with Crippen molar-refractivity contribution in [2.45, 2.75) is 13.0 Å². The Hall–Kier alpha value is -2.21. The van der Waals surface area contributed by atoms with Crippen LogP contribution < -0.4 is 10.9 Å². The highest BCUT2D eigenvalue weighted by Gasteiger charge is 2.14. The summed E-state index contributed by atoms with van der Waals surface area (Å²) >= 11 is 5.80. The highest BCUT2D eigenvalue weighted by atomic mass is 35.5. The van der Waals surface area contributed by atoms with E-state index in [9.17, 15) is 14.0 Å². The van der Waals surface area contributed by atoms with Crippen LogP contribution in [0.2, 0.25) is 5.02 Å². The summed E-state index contributed by atoms with van der Waals surface area (Å²) in [4.78, 5) is 23.2. The summed E-state index contributed by atoms with van der Waals surface area (Å²) in [5.74, 6) is -1.24. The average Bonchev–Trinajstić information content (AvgIpc) is 2.45. The fraction of sp³-hybridized carbons (Fsp3) is 0.214. The minimum Gasteiger partial charge on any atom is -0.352 e. The van der Waals surface area contributed by atoms with Gasteiger partial charge in [-0.3, -0.25) is 9.59 Å². The Bertz CT molecular complexity index is 682. The number of aromatic nitrogens is 2. The van der Waals surface area contributed by atoms with Crippen molar-refractivity contribution in [3.05, 3.63) is 63.3 Å². The Balaban J connectivity index is 1.88. The Labute approximate surface area is 125 Å². The van der Waals surface area contributed by atoms with Crippen molar-refractivity contribution < 1.29 is 9.18 Å². The molecule has 21 heavy (non-hydrogen) atoms. The third-order valence-corrected chi connectivity index (χ3v) is 3.12. The number of carbonyl (C=O) groups is 1. The van der Waals surface area contributed by atoms with Crippen molar-refractivity contribution >= 4 is 17.5 Å². The first kappa shape index (κ1) is 15.2. The largest absolute Gasteiger partial charge is 0.352 e. The van der Waals surface area contributed by atoms with Crippen LogP contribution in [0.25, 0.3) is 0 Å². The zero-order valence-corrected chi connectivity index (χ0v) is 11.8. The molecular formula is C14H13ClFN3O2. The Morgan fingerprint density at radius 1 is 1.33 bits per heavy atom. The van der Waals surface area contributed by atoms with Crippen LogP contribution in [0.4, 0.5) is 4.39 Å². The molecule has 0 radical (unpaired) electrons. The Morgan fingerprint density at radius 3 is 2.86 bits per heavy atom. The number of rotatable bonds is 5. The van der Waals surface area contributed by atoms with Crippen LogP contribution in [0, 0.1) is 5.82 Å². The molecule has 7 heteroatoms. The first-order chi connectivity index (χ1) is 10.1. The van der Waals surface area contributed by atoms with Crippen molar-refractivity contribution in [3.8, 4) is 0 Å². The molecule has 0 saturated carbocycles. The molecule has 1 amide bonds. The van der Waals surface area contributed by atoms with Crippen LogP contribution >= 0.6 is 11.6 Å². The van der Waals surface area contributed by atoms with Gasteiger partial charge in [0.05, 0.1) is 10.6 Å². The van der Waals surface area contributed by atoms with Crippen molar-refractivity contribution in [2.75, 3.05) is 6.54 Å². The molecule has 2 rings (SSSR count). The zero-order chi connectivity index (χ0) is 15.2. The molecular weight excluding hydrogens is 297 g/mol. The van der Waals surface area contributed by atoms with Crippen LogP contribution in [0.15, 0.2) is 41.3 Å². The van der Waals surface area contributed by atoms with Crippen molar-refractivity contribution in [1.82, 2.24) is 15.1 Å². The number of amides is 1. The topological polar surface area (TPSA) is 64.0 Å². The zero-order valence-electron chi connectivity index (χ0n) is 11.1.